The summed E-state index contributed by atoms with van der Waals surface area (Å²) in [6.45, 7) is 4.24. The molecule has 1 aromatic heterocycles. The van der Waals surface area contributed by atoms with E-state index in [2.05, 4.69) is 34.1 Å². The largest absolute Gasteiger partial charge is 0.315 e. The van der Waals surface area contributed by atoms with Gasteiger partial charge in [-0.15, -0.1) is 21.8 Å². The first-order valence-corrected chi connectivity index (χ1v) is 6.05. The van der Waals surface area contributed by atoms with E-state index in [0.29, 0.717) is 11.9 Å². The summed E-state index contributed by atoms with van der Waals surface area (Å²) in [5.74, 6) is 1.27. The molecule has 1 unspecified atom stereocenters. The van der Waals surface area contributed by atoms with Crippen molar-refractivity contribution < 1.29 is 0 Å². The van der Waals surface area contributed by atoms with Gasteiger partial charge in [0.05, 0.1) is 5.88 Å². The highest BCUT2D eigenvalue weighted by Crippen LogP contribution is 2.10. The van der Waals surface area contributed by atoms with Crippen molar-refractivity contribution in [3.63, 3.8) is 0 Å². The summed E-state index contributed by atoms with van der Waals surface area (Å²) >= 11 is 5.81. The highest BCUT2D eigenvalue weighted by atomic mass is 35.5. The normalized spacial score (nSPS) is 23.8. The number of piperazine rings is 1. The van der Waals surface area contributed by atoms with Gasteiger partial charge in [0.15, 0.2) is 0 Å². The van der Waals surface area contributed by atoms with E-state index in [1.165, 1.54) is 0 Å². The van der Waals surface area contributed by atoms with Crippen molar-refractivity contribution in [3.05, 3.63) is 12.2 Å². The Morgan fingerprint density at radius 1 is 1.44 bits per heavy atom. The average Bonchev–Trinajstić information content (AvgIpc) is 2.71. The second kappa shape index (κ2) is 5.12. The van der Waals surface area contributed by atoms with E-state index in [1.54, 1.807) is 6.33 Å². The molecule has 0 aliphatic carbocycles. The molecule has 0 N–H and O–H groups in total. The first-order valence-electron chi connectivity index (χ1n) is 5.52. The molecule has 0 spiro atoms. The number of aromatic nitrogens is 3. The number of likely N-dealkylation sites (N-methyl/N-ethyl adjacent to an activating group) is 2. The molecule has 90 valence electrons. The molecule has 1 aromatic rings. The van der Waals surface area contributed by atoms with Gasteiger partial charge in [-0.05, 0) is 14.1 Å². The standard InChI is InChI=1S/C10H18ClN5/c1-14-3-4-15(2)9(6-14)7-16-8-12-13-10(16)5-11/h8-9H,3-7H2,1-2H3. The number of nitrogens with zero attached hydrogens (tertiary/aromatic N) is 5. The quantitative estimate of drug-likeness (QED) is 0.714. The van der Waals surface area contributed by atoms with Gasteiger partial charge in [0.25, 0.3) is 0 Å². The minimum absolute atomic E-state index is 0.423. The summed E-state index contributed by atoms with van der Waals surface area (Å²) in [5.41, 5.74) is 0. The van der Waals surface area contributed by atoms with E-state index >= 15 is 0 Å². The van der Waals surface area contributed by atoms with Crippen molar-refractivity contribution in [2.24, 2.45) is 0 Å². The maximum absolute atomic E-state index is 5.81. The molecule has 16 heavy (non-hydrogen) atoms. The summed E-state index contributed by atoms with van der Waals surface area (Å²) in [7, 11) is 4.33. The molecule has 1 saturated heterocycles. The molecule has 1 aliphatic rings. The van der Waals surface area contributed by atoms with E-state index in [-0.39, 0.29) is 0 Å². The third-order valence-electron chi connectivity index (χ3n) is 3.20. The molecule has 1 atom stereocenters. The first kappa shape index (κ1) is 11.8. The van der Waals surface area contributed by atoms with Crippen LogP contribution in [0.15, 0.2) is 6.33 Å². The van der Waals surface area contributed by atoms with Crippen LogP contribution in [0, 0.1) is 0 Å². The fourth-order valence-electron chi connectivity index (χ4n) is 2.06. The van der Waals surface area contributed by atoms with E-state index < -0.39 is 0 Å². The second-order valence-corrected chi connectivity index (χ2v) is 4.70. The predicted octanol–water partition coefficient (Wildman–Crippen LogP) is 0.263. The van der Waals surface area contributed by atoms with Gasteiger partial charge in [-0.3, -0.25) is 4.90 Å². The average molecular weight is 244 g/mol. The van der Waals surface area contributed by atoms with Gasteiger partial charge < -0.3 is 9.47 Å². The molecule has 2 rings (SSSR count). The molecule has 0 radical (unpaired) electrons. The SMILES string of the molecule is CN1CCN(C)C(Cn2cnnc2CCl)C1. The molecule has 2 heterocycles. The fraction of sp³-hybridized carbons (Fsp3) is 0.800. The summed E-state index contributed by atoms with van der Waals surface area (Å²) < 4.78 is 2.05. The summed E-state index contributed by atoms with van der Waals surface area (Å²) in [6.07, 6.45) is 1.76. The Balaban J connectivity index is 2.02. The van der Waals surface area contributed by atoms with E-state index in [9.17, 15) is 0 Å². The number of hydrogen-bond donors (Lipinski definition) is 0. The van der Waals surface area contributed by atoms with Gasteiger partial charge in [-0.2, -0.15) is 0 Å². The van der Waals surface area contributed by atoms with Gasteiger partial charge in [-0.1, -0.05) is 0 Å². The molecule has 1 fully saturated rings. The first-order chi connectivity index (χ1) is 7.70. The van der Waals surface area contributed by atoms with Crippen molar-refractivity contribution in [1.29, 1.82) is 0 Å². The van der Waals surface area contributed by atoms with E-state index in [1.807, 2.05) is 4.57 Å². The molecule has 0 bridgehead atoms. The maximum Gasteiger partial charge on any atom is 0.147 e. The third-order valence-corrected chi connectivity index (χ3v) is 3.44. The van der Waals surface area contributed by atoms with Gasteiger partial charge in [0, 0.05) is 32.2 Å². The van der Waals surface area contributed by atoms with Crippen molar-refractivity contribution >= 4 is 11.6 Å². The lowest BCUT2D eigenvalue weighted by Gasteiger charge is -2.37. The minimum Gasteiger partial charge on any atom is -0.315 e. The molecule has 0 amide bonds. The van der Waals surface area contributed by atoms with Crippen LogP contribution >= 0.6 is 11.6 Å². The number of alkyl halides is 1. The summed E-state index contributed by atoms with van der Waals surface area (Å²) in [5, 5.41) is 7.89. The Morgan fingerprint density at radius 2 is 2.25 bits per heavy atom. The van der Waals surface area contributed by atoms with E-state index in [0.717, 1.165) is 32.0 Å². The smallest absolute Gasteiger partial charge is 0.147 e. The number of rotatable bonds is 3. The topological polar surface area (TPSA) is 37.2 Å². The lowest BCUT2D eigenvalue weighted by Crippen LogP contribution is -2.51. The van der Waals surface area contributed by atoms with Crippen LogP contribution in [0.25, 0.3) is 0 Å². The zero-order chi connectivity index (χ0) is 11.5. The highest BCUT2D eigenvalue weighted by molar-refractivity contribution is 6.16. The third kappa shape index (κ3) is 2.53. The lowest BCUT2D eigenvalue weighted by molar-refractivity contribution is 0.102. The zero-order valence-corrected chi connectivity index (χ0v) is 10.6. The monoisotopic (exact) mass is 243 g/mol. The Morgan fingerprint density at radius 3 is 3.00 bits per heavy atom. The van der Waals surface area contributed by atoms with Crippen LogP contribution < -0.4 is 0 Å². The molecule has 1 aliphatic heterocycles. The van der Waals surface area contributed by atoms with Crippen LogP contribution in [0.3, 0.4) is 0 Å². The van der Waals surface area contributed by atoms with Crippen molar-refractivity contribution in [3.8, 4) is 0 Å². The molecule has 0 saturated carbocycles. The van der Waals surface area contributed by atoms with Crippen LogP contribution in [0.2, 0.25) is 0 Å². The Bertz CT molecular complexity index is 340. The maximum atomic E-state index is 5.81. The van der Waals surface area contributed by atoms with Crippen LogP contribution in [0.4, 0.5) is 0 Å². The van der Waals surface area contributed by atoms with Crippen LogP contribution in [0.5, 0.6) is 0 Å². The molecule has 5 nitrogen and oxygen atoms in total. The zero-order valence-electron chi connectivity index (χ0n) is 9.80. The van der Waals surface area contributed by atoms with Gasteiger partial charge in [0.1, 0.15) is 12.2 Å². The van der Waals surface area contributed by atoms with Crippen LogP contribution in [0.1, 0.15) is 5.82 Å². The fourth-order valence-corrected chi connectivity index (χ4v) is 2.27. The highest BCUT2D eigenvalue weighted by Gasteiger charge is 2.23. The lowest BCUT2D eigenvalue weighted by atomic mass is 10.2. The molecular weight excluding hydrogens is 226 g/mol. The number of hydrogen-bond acceptors (Lipinski definition) is 4. The molecule has 6 heteroatoms. The Labute approximate surface area is 101 Å². The summed E-state index contributed by atoms with van der Waals surface area (Å²) in [4.78, 5) is 4.74. The Kier molecular flexibility index (Phi) is 3.78. The van der Waals surface area contributed by atoms with Crippen LogP contribution in [-0.2, 0) is 12.4 Å². The predicted molar refractivity (Wildman–Crippen MR) is 63.5 cm³/mol. The number of halogens is 1. The van der Waals surface area contributed by atoms with Gasteiger partial charge in [0.2, 0.25) is 0 Å². The summed E-state index contributed by atoms with van der Waals surface area (Å²) in [6, 6.07) is 0.511. The second-order valence-electron chi connectivity index (χ2n) is 4.43. The van der Waals surface area contributed by atoms with Gasteiger partial charge >= 0.3 is 0 Å². The van der Waals surface area contributed by atoms with E-state index in [4.69, 9.17) is 11.6 Å². The van der Waals surface area contributed by atoms with Crippen LogP contribution in [-0.4, -0.2) is 64.3 Å². The van der Waals surface area contributed by atoms with Crippen molar-refractivity contribution in [2.45, 2.75) is 18.5 Å². The van der Waals surface area contributed by atoms with Crippen molar-refractivity contribution in [2.75, 3.05) is 33.7 Å². The minimum atomic E-state index is 0.423. The molecular formula is C10H18ClN5. The van der Waals surface area contributed by atoms with Crippen molar-refractivity contribution in [1.82, 2.24) is 24.6 Å². The Hall–Kier alpha value is -0.650. The van der Waals surface area contributed by atoms with Gasteiger partial charge in [-0.25, -0.2) is 0 Å². The molecule has 0 aromatic carbocycles.